The highest BCUT2D eigenvalue weighted by Crippen LogP contribution is 2.48. The third-order valence-electron chi connectivity index (χ3n) is 5.10. The van der Waals surface area contributed by atoms with Gasteiger partial charge in [-0.2, -0.15) is 5.10 Å². The Labute approximate surface area is 169 Å². The highest BCUT2D eigenvalue weighted by atomic mass is 19.2. The number of esters is 1. The van der Waals surface area contributed by atoms with Crippen molar-refractivity contribution < 1.29 is 31.5 Å². The van der Waals surface area contributed by atoms with E-state index >= 15 is 0 Å². The van der Waals surface area contributed by atoms with Gasteiger partial charge in [-0.05, 0) is 19.8 Å². The van der Waals surface area contributed by atoms with E-state index in [0.717, 1.165) is 0 Å². The SMILES string of the molecule is CCOC(=O)C1C(C)=Nc2c(c(C(C)C)nn2C)C1c1c(F)c(F)c(F)c(F)c1F. The fraction of sp³-hybridized carbons (Fsp3) is 0.450. The van der Waals surface area contributed by atoms with E-state index in [-0.39, 0.29) is 29.6 Å². The molecular formula is C20H20F5N3O2. The van der Waals surface area contributed by atoms with Gasteiger partial charge in [0.1, 0.15) is 5.92 Å². The molecule has 0 fully saturated rings. The monoisotopic (exact) mass is 429 g/mol. The second-order valence-corrected chi connectivity index (χ2v) is 7.34. The topological polar surface area (TPSA) is 56.5 Å². The Kier molecular flexibility index (Phi) is 5.70. The average molecular weight is 429 g/mol. The van der Waals surface area contributed by atoms with Crippen molar-refractivity contribution in [2.24, 2.45) is 18.0 Å². The summed E-state index contributed by atoms with van der Waals surface area (Å²) in [5.74, 6) is -14.3. The number of hydrogen-bond donors (Lipinski definition) is 0. The molecule has 10 heteroatoms. The first-order valence-electron chi connectivity index (χ1n) is 9.32. The molecule has 1 aliphatic rings. The van der Waals surface area contributed by atoms with Crippen LogP contribution >= 0.6 is 0 Å². The molecule has 3 rings (SSSR count). The normalized spacial score (nSPS) is 18.4. The zero-order chi connectivity index (χ0) is 22.5. The van der Waals surface area contributed by atoms with Crippen molar-refractivity contribution in [2.75, 3.05) is 6.61 Å². The van der Waals surface area contributed by atoms with Crippen molar-refractivity contribution in [3.8, 4) is 0 Å². The zero-order valence-electron chi connectivity index (χ0n) is 17.0. The van der Waals surface area contributed by atoms with Crippen molar-refractivity contribution in [2.45, 2.75) is 39.5 Å². The molecule has 0 bridgehead atoms. The maximum Gasteiger partial charge on any atom is 0.315 e. The Hall–Kier alpha value is -2.78. The molecule has 1 aromatic carbocycles. The van der Waals surface area contributed by atoms with Gasteiger partial charge in [0.15, 0.2) is 29.1 Å². The molecule has 0 spiro atoms. The van der Waals surface area contributed by atoms with Crippen LogP contribution in [0.25, 0.3) is 0 Å². The van der Waals surface area contributed by atoms with E-state index in [2.05, 4.69) is 10.1 Å². The number of aromatic nitrogens is 2. The molecule has 2 atom stereocenters. The number of aliphatic imine (C=N–C) groups is 1. The summed E-state index contributed by atoms with van der Waals surface area (Å²) in [4.78, 5) is 17.1. The molecule has 5 nitrogen and oxygen atoms in total. The maximum absolute atomic E-state index is 14.8. The van der Waals surface area contributed by atoms with E-state index in [1.807, 2.05) is 0 Å². The van der Waals surface area contributed by atoms with Gasteiger partial charge in [0.05, 0.1) is 12.3 Å². The van der Waals surface area contributed by atoms with Gasteiger partial charge in [-0.1, -0.05) is 13.8 Å². The van der Waals surface area contributed by atoms with E-state index in [4.69, 9.17) is 4.74 Å². The lowest BCUT2D eigenvalue weighted by molar-refractivity contribution is -0.146. The Morgan fingerprint density at radius 3 is 2.07 bits per heavy atom. The van der Waals surface area contributed by atoms with Gasteiger partial charge in [-0.15, -0.1) is 0 Å². The van der Waals surface area contributed by atoms with Gasteiger partial charge in [-0.3, -0.25) is 9.48 Å². The fourth-order valence-corrected chi connectivity index (χ4v) is 3.80. The molecule has 0 radical (unpaired) electrons. The van der Waals surface area contributed by atoms with Crippen molar-refractivity contribution in [1.29, 1.82) is 0 Å². The van der Waals surface area contributed by atoms with Crippen molar-refractivity contribution in [3.63, 3.8) is 0 Å². The molecule has 30 heavy (non-hydrogen) atoms. The Bertz CT molecular complexity index is 1030. The summed E-state index contributed by atoms with van der Waals surface area (Å²) in [6.45, 7) is 6.44. The van der Waals surface area contributed by atoms with E-state index in [1.54, 1.807) is 20.9 Å². The first kappa shape index (κ1) is 21.9. The first-order chi connectivity index (χ1) is 14.0. The number of rotatable bonds is 4. The average Bonchev–Trinajstić information content (AvgIpc) is 3.01. The molecule has 0 saturated carbocycles. The molecule has 0 saturated heterocycles. The second kappa shape index (κ2) is 7.81. The van der Waals surface area contributed by atoms with Gasteiger partial charge < -0.3 is 4.74 Å². The van der Waals surface area contributed by atoms with Crippen LogP contribution in [-0.2, 0) is 16.6 Å². The van der Waals surface area contributed by atoms with Crippen LogP contribution in [0.5, 0.6) is 0 Å². The Morgan fingerprint density at radius 2 is 1.57 bits per heavy atom. The van der Waals surface area contributed by atoms with Crippen LogP contribution in [0.3, 0.4) is 0 Å². The minimum absolute atomic E-state index is 0.0383. The second-order valence-electron chi connectivity index (χ2n) is 7.34. The van der Waals surface area contributed by atoms with Gasteiger partial charge >= 0.3 is 5.97 Å². The van der Waals surface area contributed by atoms with Crippen LogP contribution in [0.2, 0.25) is 0 Å². The van der Waals surface area contributed by atoms with Gasteiger partial charge in [0.25, 0.3) is 0 Å². The zero-order valence-corrected chi connectivity index (χ0v) is 17.0. The number of ether oxygens (including phenoxy) is 1. The van der Waals surface area contributed by atoms with Crippen molar-refractivity contribution in [3.05, 3.63) is 45.9 Å². The number of fused-ring (bicyclic) bond motifs is 1. The van der Waals surface area contributed by atoms with Gasteiger partial charge in [0, 0.05) is 29.8 Å². The lowest BCUT2D eigenvalue weighted by Crippen LogP contribution is -2.35. The number of benzene rings is 1. The van der Waals surface area contributed by atoms with Crippen LogP contribution < -0.4 is 0 Å². The number of aryl methyl sites for hydroxylation is 1. The largest absolute Gasteiger partial charge is 0.465 e. The lowest BCUT2D eigenvalue weighted by Gasteiger charge is -2.31. The van der Waals surface area contributed by atoms with Crippen LogP contribution in [0.4, 0.5) is 27.8 Å². The summed E-state index contributed by atoms with van der Waals surface area (Å²) < 4.78 is 77.8. The van der Waals surface area contributed by atoms with E-state index in [1.165, 1.54) is 18.5 Å². The first-order valence-corrected chi connectivity index (χ1v) is 9.32. The molecule has 0 amide bonds. The predicted octanol–water partition coefficient (Wildman–Crippen LogP) is 4.66. The summed E-state index contributed by atoms with van der Waals surface area (Å²) in [6.07, 6.45) is 0. The molecule has 0 aliphatic carbocycles. The summed E-state index contributed by atoms with van der Waals surface area (Å²) in [5, 5.41) is 4.31. The molecular weight excluding hydrogens is 409 g/mol. The summed E-state index contributed by atoms with van der Waals surface area (Å²) in [6, 6.07) is 0. The third-order valence-corrected chi connectivity index (χ3v) is 5.10. The number of nitrogens with zero attached hydrogens (tertiary/aromatic N) is 3. The summed E-state index contributed by atoms with van der Waals surface area (Å²) in [5.41, 5.74) is -0.505. The van der Waals surface area contributed by atoms with Crippen LogP contribution in [0.15, 0.2) is 4.99 Å². The van der Waals surface area contributed by atoms with Gasteiger partial charge in [0.2, 0.25) is 5.82 Å². The summed E-state index contributed by atoms with van der Waals surface area (Å²) in [7, 11) is 1.54. The molecule has 2 unspecified atom stereocenters. The third kappa shape index (κ3) is 3.18. The van der Waals surface area contributed by atoms with Crippen LogP contribution in [-0.4, -0.2) is 28.1 Å². The standard InChI is InChI=1S/C20H20F5N3O2/c1-6-30-20(29)9-8(4)26-19-12(18(7(2)3)27-28(19)5)10(9)11-13(21)15(23)17(25)16(24)14(11)22/h7,9-10H,6H2,1-5H3. The number of carbonyl (C=O) groups excluding carboxylic acids is 1. The minimum atomic E-state index is -2.27. The molecule has 2 heterocycles. The van der Waals surface area contributed by atoms with Crippen molar-refractivity contribution >= 4 is 17.5 Å². The molecule has 162 valence electrons. The van der Waals surface area contributed by atoms with E-state index < -0.39 is 52.5 Å². The molecule has 2 aromatic rings. The number of halogens is 5. The Balaban J connectivity index is 2.43. The van der Waals surface area contributed by atoms with Crippen molar-refractivity contribution in [1.82, 2.24) is 9.78 Å². The van der Waals surface area contributed by atoms with Gasteiger partial charge in [-0.25, -0.2) is 26.9 Å². The molecule has 1 aliphatic heterocycles. The summed E-state index contributed by atoms with van der Waals surface area (Å²) >= 11 is 0. The highest BCUT2D eigenvalue weighted by Gasteiger charge is 2.46. The molecule has 0 N–H and O–H groups in total. The van der Waals surface area contributed by atoms with E-state index in [0.29, 0.717) is 5.69 Å². The fourth-order valence-electron chi connectivity index (χ4n) is 3.80. The molecule has 1 aromatic heterocycles. The maximum atomic E-state index is 14.8. The quantitative estimate of drug-likeness (QED) is 0.308. The lowest BCUT2D eigenvalue weighted by atomic mass is 9.75. The van der Waals surface area contributed by atoms with Crippen LogP contribution in [0.1, 0.15) is 56.4 Å². The Morgan fingerprint density at radius 1 is 1.03 bits per heavy atom. The number of carbonyl (C=O) groups is 1. The number of hydrogen-bond acceptors (Lipinski definition) is 4. The predicted molar refractivity (Wildman–Crippen MR) is 98.3 cm³/mol. The smallest absolute Gasteiger partial charge is 0.315 e. The van der Waals surface area contributed by atoms with Crippen LogP contribution in [0, 0.1) is 35.0 Å². The minimum Gasteiger partial charge on any atom is -0.465 e. The highest BCUT2D eigenvalue weighted by molar-refractivity contribution is 6.05. The van der Waals surface area contributed by atoms with E-state index in [9.17, 15) is 26.7 Å².